The van der Waals surface area contributed by atoms with Gasteiger partial charge in [0.1, 0.15) is 0 Å². The number of rotatable bonds is 9. The molecule has 0 saturated heterocycles. The van der Waals surface area contributed by atoms with Crippen LogP contribution in [0.2, 0.25) is 0 Å². The third-order valence-electron chi connectivity index (χ3n) is 2.60. The van der Waals surface area contributed by atoms with Crippen molar-refractivity contribution < 1.29 is 19.4 Å². The second-order valence-electron chi connectivity index (χ2n) is 4.39. The molecule has 0 heterocycles. The Morgan fingerprint density at radius 3 is 2.62 bits per heavy atom. The second kappa shape index (κ2) is 10.2. The number of amides is 1. The standard InChI is InChI=1S/C15H21NO4S/c1-2-3-9-20-15(19)12-4-6-13(7-5-12)16-14(18)11-21-10-8-17/h4-7,17H,2-3,8-11H2,1H3,(H,16,18). The number of esters is 1. The van der Waals surface area contributed by atoms with Gasteiger partial charge in [-0.15, -0.1) is 11.8 Å². The zero-order chi connectivity index (χ0) is 15.5. The lowest BCUT2D eigenvalue weighted by molar-refractivity contribution is -0.113. The molecular formula is C15H21NO4S. The highest BCUT2D eigenvalue weighted by molar-refractivity contribution is 7.99. The van der Waals surface area contributed by atoms with E-state index in [0.29, 0.717) is 29.4 Å². The number of unbranched alkanes of at least 4 members (excludes halogenated alkanes) is 1. The summed E-state index contributed by atoms with van der Waals surface area (Å²) in [6, 6.07) is 6.60. The summed E-state index contributed by atoms with van der Waals surface area (Å²) in [6.07, 6.45) is 1.83. The van der Waals surface area contributed by atoms with Crippen molar-refractivity contribution in [2.75, 3.05) is 30.0 Å². The molecule has 0 radical (unpaired) electrons. The number of hydrogen-bond donors (Lipinski definition) is 2. The molecule has 0 atom stereocenters. The lowest BCUT2D eigenvalue weighted by atomic mass is 10.2. The van der Waals surface area contributed by atoms with Crippen molar-refractivity contribution in [2.45, 2.75) is 19.8 Å². The van der Waals surface area contributed by atoms with Gasteiger partial charge in [0.05, 0.1) is 24.5 Å². The first-order chi connectivity index (χ1) is 10.2. The van der Waals surface area contributed by atoms with Crippen LogP contribution in [0.4, 0.5) is 5.69 Å². The van der Waals surface area contributed by atoms with E-state index in [-0.39, 0.29) is 18.5 Å². The molecule has 1 aromatic carbocycles. The number of anilines is 1. The molecule has 0 saturated carbocycles. The van der Waals surface area contributed by atoms with Crippen molar-refractivity contribution in [3.8, 4) is 0 Å². The van der Waals surface area contributed by atoms with Crippen molar-refractivity contribution in [3.05, 3.63) is 29.8 Å². The van der Waals surface area contributed by atoms with Crippen LogP contribution in [0.3, 0.4) is 0 Å². The molecule has 5 nitrogen and oxygen atoms in total. The van der Waals surface area contributed by atoms with Crippen molar-refractivity contribution >= 4 is 29.3 Å². The average molecular weight is 311 g/mol. The minimum absolute atomic E-state index is 0.0623. The zero-order valence-corrected chi connectivity index (χ0v) is 12.9. The average Bonchev–Trinajstić information content (AvgIpc) is 2.48. The molecule has 0 spiro atoms. The topological polar surface area (TPSA) is 75.6 Å². The smallest absolute Gasteiger partial charge is 0.338 e. The summed E-state index contributed by atoms with van der Waals surface area (Å²) >= 11 is 1.36. The number of hydrogen-bond acceptors (Lipinski definition) is 5. The summed E-state index contributed by atoms with van der Waals surface area (Å²) in [5.41, 5.74) is 1.11. The Labute approximate surface area is 129 Å². The molecule has 0 aromatic heterocycles. The van der Waals surface area contributed by atoms with E-state index in [0.717, 1.165) is 12.8 Å². The van der Waals surface area contributed by atoms with Gasteiger partial charge >= 0.3 is 5.97 Å². The lowest BCUT2D eigenvalue weighted by Gasteiger charge is -2.07. The third-order valence-corrected chi connectivity index (χ3v) is 3.54. The second-order valence-corrected chi connectivity index (χ2v) is 5.50. The van der Waals surface area contributed by atoms with E-state index in [4.69, 9.17) is 9.84 Å². The molecule has 1 amide bonds. The fourth-order valence-corrected chi connectivity index (χ4v) is 2.04. The van der Waals surface area contributed by atoms with Crippen molar-refractivity contribution in [1.82, 2.24) is 0 Å². The molecule has 0 fully saturated rings. The largest absolute Gasteiger partial charge is 0.462 e. The molecule has 0 bridgehead atoms. The Kier molecular flexibility index (Phi) is 8.54. The molecule has 21 heavy (non-hydrogen) atoms. The highest BCUT2D eigenvalue weighted by Crippen LogP contribution is 2.11. The molecule has 0 aliphatic rings. The maximum Gasteiger partial charge on any atom is 0.338 e. The van der Waals surface area contributed by atoms with E-state index in [1.54, 1.807) is 24.3 Å². The van der Waals surface area contributed by atoms with Crippen LogP contribution in [-0.2, 0) is 9.53 Å². The van der Waals surface area contributed by atoms with Crippen LogP contribution in [-0.4, -0.2) is 41.7 Å². The first-order valence-electron chi connectivity index (χ1n) is 6.93. The van der Waals surface area contributed by atoms with Crippen LogP contribution < -0.4 is 5.32 Å². The number of benzene rings is 1. The number of ether oxygens (including phenoxy) is 1. The number of aliphatic hydroxyl groups excluding tert-OH is 1. The molecule has 1 aromatic rings. The van der Waals surface area contributed by atoms with Gasteiger partial charge in [-0.05, 0) is 30.7 Å². The lowest BCUT2D eigenvalue weighted by Crippen LogP contribution is -2.15. The van der Waals surface area contributed by atoms with Crippen molar-refractivity contribution in [3.63, 3.8) is 0 Å². The van der Waals surface area contributed by atoms with Gasteiger partial charge in [-0.25, -0.2) is 4.79 Å². The highest BCUT2D eigenvalue weighted by atomic mass is 32.2. The van der Waals surface area contributed by atoms with E-state index < -0.39 is 0 Å². The van der Waals surface area contributed by atoms with Gasteiger partial charge in [-0.3, -0.25) is 4.79 Å². The number of thioether (sulfide) groups is 1. The van der Waals surface area contributed by atoms with E-state index in [1.165, 1.54) is 11.8 Å². The Bertz CT molecular complexity index is 447. The van der Waals surface area contributed by atoms with Crippen LogP contribution in [0.1, 0.15) is 30.1 Å². The molecule has 0 unspecified atom stereocenters. The minimum atomic E-state index is -0.347. The van der Waals surface area contributed by atoms with Gasteiger partial charge in [-0.2, -0.15) is 0 Å². The summed E-state index contributed by atoms with van der Waals surface area (Å²) in [5, 5.41) is 11.4. The molecule has 0 aliphatic carbocycles. The van der Waals surface area contributed by atoms with Crippen molar-refractivity contribution in [1.29, 1.82) is 0 Å². The predicted octanol–water partition coefficient (Wildman–Crippen LogP) is 2.31. The molecule has 6 heteroatoms. The van der Waals surface area contributed by atoms with E-state index in [9.17, 15) is 9.59 Å². The predicted molar refractivity (Wildman–Crippen MR) is 84.7 cm³/mol. The Morgan fingerprint density at radius 2 is 2.00 bits per heavy atom. The molecule has 1 rings (SSSR count). The maximum absolute atomic E-state index is 11.7. The Morgan fingerprint density at radius 1 is 1.29 bits per heavy atom. The van der Waals surface area contributed by atoms with Gasteiger partial charge in [0, 0.05) is 11.4 Å². The van der Waals surface area contributed by atoms with Crippen LogP contribution in [0.15, 0.2) is 24.3 Å². The fraction of sp³-hybridized carbons (Fsp3) is 0.467. The first-order valence-corrected chi connectivity index (χ1v) is 8.08. The van der Waals surface area contributed by atoms with Gasteiger partial charge in [0.2, 0.25) is 5.91 Å². The number of carbonyl (C=O) groups excluding carboxylic acids is 2. The first kappa shape index (κ1) is 17.5. The quantitative estimate of drug-likeness (QED) is 0.540. The van der Waals surface area contributed by atoms with E-state index in [1.807, 2.05) is 6.92 Å². The minimum Gasteiger partial charge on any atom is -0.462 e. The SMILES string of the molecule is CCCCOC(=O)c1ccc(NC(=O)CSCCO)cc1. The zero-order valence-electron chi connectivity index (χ0n) is 12.1. The van der Waals surface area contributed by atoms with E-state index in [2.05, 4.69) is 5.32 Å². The van der Waals surface area contributed by atoms with Crippen molar-refractivity contribution in [2.24, 2.45) is 0 Å². The molecule has 0 aliphatic heterocycles. The molecule has 2 N–H and O–H groups in total. The third kappa shape index (κ3) is 7.15. The van der Waals surface area contributed by atoms with Crippen LogP contribution in [0.25, 0.3) is 0 Å². The number of nitrogens with one attached hydrogen (secondary N) is 1. The number of carbonyl (C=O) groups is 2. The van der Waals surface area contributed by atoms with E-state index >= 15 is 0 Å². The summed E-state index contributed by atoms with van der Waals surface area (Å²) in [5.74, 6) is 0.351. The molecular weight excluding hydrogens is 290 g/mol. The summed E-state index contributed by atoms with van der Waals surface area (Å²) in [7, 11) is 0. The summed E-state index contributed by atoms with van der Waals surface area (Å²) in [6.45, 7) is 2.52. The maximum atomic E-state index is 11.7. The Balaban J connectivity index is 2.42. The monoisotopic (exact) mass is 311 g/mol. The van der Waals surface area contributed by atoms with Gasteiger partial charge in [-0.1, -0.05) is 13.3 Å². The highest BCUT2D eigenvalue weighted by Gasteiger charge is 2.07. The van der Waals surface area contributed by atoms with Gasteiger partial charge < -0.3 is 15.2 Å². The van der Waals surface area contributed by atoms with Crippen LogP contribution >= 0.6 is 11.8 Å². The van der Waals surface area contributed by atoms with Gasteiger partial charge in [0.15, 0.2) is 0 Å². The van der Waals surface area contributed by atoms with Crippen LogP contribution in [0.5, 0.6) is 0 Å². The summed E-state index contributed by atoms with van der Waals surface area (Å²) in [4.78, 5) is 23.3. The fourth-order valence-electron chi connectivity index (χ4n) is 1.51. The normalized spacial score (nSPS) is 10.2. The summed E-state index contributed by atoms with van der Waals surface area (Å²) < 4.78 is 5.10. The van der Waals surface area contributed by atoms with Crippen LogP contribution in [0, 0.1) is 0 Å². The van der Waals surface area contributed by atoms with Gasteiger partial charge in [0.25, 0.3) is 0 Å². The Hall–Kier alpha value is -1.53. The number of aliphatic hydroxyl groups is 1. The molecule has 116 valence electrons.